The third-order valence-electron chi connectivity index (χ3n) is 3.13. The maximum absolute atomic E-state index is 11.2. The molecular formula is C14H11N3O2. The zero-order valence-electron chi connectivity index (χ0n) is 10.3. The van der Waals surface area contributed by atoms with Gasteiger partial charge < -0.3 is 0 Å². The molecule has 0 radical (unpaired) electrons. The van der Waals surface area contributed by atoms with Crippen molar-refractivity contribution in [1.82, 2.24) is 10.2 Å². The lowest BCUT2D eigenvalue weighted by molar-refractivity contribution is -0.383. The molecule has 0 spiro atoms. The molecule has 0 unspecified atom stereocenters. The first-order chi connectivity index (χ1) is 9.16. The number of nitrogens with zero attached hydrogens (tertiary/aromatic N) is 2. The van der Waals surface area contributed by atoms with Crippen molar-refractivity contribution in [2.75, 3.05) is 0 Å². The second-order valence-electron chi connectivity index (χ2n) is 4.36. The lowest BCUT2D eigenvalue weighted by atomic mass is 10.0. The SMILES string of the molecule is Cc1[nH]nc2c([N+](=O)[O-])cc(-c3ccccc3)cc12. The molecule has 5 heteroatoms. The summed E-state index contributed by atoms with van der Waals surface area (Å²) in [6.07, 6.45) is 0. The van der Waals surface area contributed by atoms with Gasteiger partial charge in [-0.15, -0.1) is 0 Å². The average molecular weight is 253 g/mol. The van der Waals surface area contributed by atoms with Crippen LogP contribution >= 0.6 is 0 Å². The minimum absolute atomic E-state index is 0.0284. The lowest BCUT2D eigenvalue weighted by Crippen LogP contribution is -1.91. The van der Waals surface area contributed by atoms with Crippen molar-refractivity contribution in [2.45, 2.75) is 6.92 Å². The van der Waals surface area contributed by atoms with Crippen molar-refractivity contribution < 1.29 is 4.92 Å². The number of hydrogen-bond donors (Lipinski definition) is 1. The van der Waals surface area contributed by atoms with Crippen LogP contribution in [0.3, 0.4) is 0 Å². The molecular weight excluding hydrogens is 242 g/mol. The van der Waals surface area contributed by atoms with E-state index in [-0.39, 0.29) is 5.69 Å². The highest BCUT2D eigenvalue weighted by Crippen LogP contribution is 2.32. The third-order valence-corrected chi connectivity index (χ3v) is 3.13. The largest absolute Gasteiger partial charge is 0.297 e. The summed E-state index contributed by atoms with van der Waals surface area (Å²) in [4.78, 5) is 10.8. The van der Waals surface area contributed by atoms with Crippen LogP contribution < -0.4 is 0 Å². The van der Waals surface area contributed by atoms with E-state index in [1.165, 1.54) is 0 Å². The molecule has 1 N–H and O–H groups in total. The summed E-state index contributed by atoms with van der Waals surface area (Å²) in [5.74, 6) is 0. The molecule has 0 aliphatic rings. The number of aromatic nitrogens is 2. The number of nitrogens with one attached hydrogen (secondary N) is 1. The monoisotopic (exact) mass is 253 g/mol. The molecule has 94 valence electrons. The van der Waals surface area contributed by atoms with Crippen molar-refractivity contribution in [2.24, 2.45) is 0 Å². The summed E-state index contributed by atoms with van der Waals surface area (Å²) in [5, 5.41) is 18.7. The Balaban J connectivity index is 2.33. The molecule has 0 atom stereocenters. The first-order valence-electron chi connectivity index (χ1n) is 5.85. The third kappa shape index (κ3) is 1.85. The Morgan fingerprint density at radius 2 is 1.89 bits per heavy atom. The van der Waals surface area contributed by atoms with Crippen LogP contribution in [0.25, 0.3) is 22.0 Å². The summed E-state index contributed by atoms with van der Waals surface area (Å²) in [5.41, 5.74) is 3.04. The number of non-ortho nitro benzene ring substituents is 1. The molecule has 0 aliphatic carbocycles. The van der Waals surface area contributed by atoms with Gasteiger partial charge in [-0.25, -0.2) is 0 Å². The van der Waals surface area contributed by atoms with Gasteiger partial charge in [-0.3, -0.25) is 15.2 Å². The van der Waals surface area contributed by atoms with Crippen molar-refractivity contribution in [3.8, 4) is 11.1 Å². The molecule has 5 nitrogen and oxygen atoms in total. The Labute approximate surface area is 109 Å². The number of benzene rings is 2. The van der Waals surface area contributed by atoms with E-state index in [1.807, 2.05) is 43.3 Å². The van der Waals surface area contributed by atoms with Crippen molar-refractivity contribution in [3.63, 3.8) is 0 Å². The van der Waals surface area contributed by atoms with Gasteiger partial charge in [0.1, 0.15) is 0 Å². The minimum Gasteiger partial charge on any atom is -0.281 e. The van der Waals surface area contributed by atoms with E-state index in [4.69, 9.17) is 0 Å². The van der Waals surface area contributed by atoms with Crippen LogP contribution in [0.1, 0.15) is 5.69 Å². The standard InChI is InChI=1S/C14H11N3O2/c1-9-12-7-11(10-5-3-2-4-6-10)8-13(17(18)19)14(12)16-15-9/h2-8H,1H3,(H,15,16). The van der Waals surface area contributed by atoms with Crippen LogP contribution in [0.15, 0.2) is 42.5 Å². The van der Waals surface area contributed by atoms with Gasteiger partial charge in [0.05, 0.1) is 4.92 Å². The number of H-pyrrole nitrogens is 1. The van der Waals surface area contributed by atoms with Crippen LogP contribution in [-0.4, -0.2) is 15.1 Å². The molecule has 0 aliphatic heterocycles. The molecule has 3 rings (SSSR count). The Hall–Kier alpha value is -2.69. The molecule has 0 saturated carbocycles. The maximum atomic E-state index is 11.2. The highest BCUT2D eigenvalue weighted by molar-refractivity contribution is 5.93. The van der Waals surface area contributed by atoms with E-state index in [1.54, 1.807) is 6.07 Å². The van der Waals surface area contributed by atoms with Crippen LogP contribution in [-0.2, 0) is 0 Å². The first kappa shape index (κ1) is 11.4. The fraction of sp³-hybridized carbons (Fsp3) is 0.0714. The van der Waals surface area contributed by atoms with E-state index >= 15 is 0 Å². The Bertz CT molecular complexity index is 763. The summed E-state index contributed by atoms with van der Waals surface area (Å²) in [6, 6.07) is 13.1. The highest BCUT2D eigenvalue weighted by Gasteiger charge is 2.18. The molecule has 2 aromatic carbocycles. The van der Waals surface area contributed by atoms with Crippen molar-refractivity contribution >= 4 is 16.6 Å². The first-order valence-corrected chi connectivity index (χ1v) is 5.85. The van der Waals surface area contributed by atoms with Gasteiger partial charge in [0.2, 0.25) is 0 Å². The number of nitro groups is 1. The van der Waals surface area contributed by atoms with Crippen LogP contribution in [0.2, 0.25) is 0 Å². The van der Waals surface area contributed by atoms with E-state index in [0.29, 0.717) is 5.52 Å². The summed E-state index contributed by atoms with van der Waals surface area (Å²) >= 11 is 0. The fourth-order valence-corrected chi connectivity index (χ4v) is 2.16. The Morgan fingerprint density at radius 3 is 2.58 bits per heavy atom. The molecule has 0 saturated heterocycles. The normalized spacial score (nSPS) is 10.8. The van der Waals surface area contributed by atoms with E-state index < -0.39 is 4.92 Å². The van der Waals surface area contributed by atoms with Crippen LogP contribution in [0, 0.1) is 17.0 Å². The quantitative estimate of drug-likeness (QED) is 0.561. The van der Waals surface area contributed by atoms with Crippen molar-refractivity contribution in [3.05, 3.63) is 58.3 Å². The summed E-state index contributed by atoms with van der Waals surface area (Å²) < 4.78 is 0. The van der Waals surface area contributed by atoms with Gasteiger partial charge in [0, 0.05) is 17.1 Å². The average Bonchev–Trinajstić information content (AvgIpc) is 2.80. The maximum Gasteiger partial charge on any atom is 0.297 e. The van der Waals surface area contributed by atoms with Crippen molar-refractivity contribution in [1.29, 1.82) is 0 Å². The number of hydrogen-bond acceptors (Lipinski definition) is 3. The van der Waals surface area contributed by atoms with Gasteiger partial charge in [-0.2, -0.15) is 5.10 Å². The minimum atomic E-state index is -0.394. The van der Waals surface area contributed by atoms with E-state index in [9.17, 15) is 10.1 Å². The Morgan fingerprint density at radius 1 is 1.16 bits per heavy atom. The molecule has 3 aromatic rings. The van der Waals surface area contributed by atoms with Gasteiger partial charge >= 0.3 is 0 Å². The van der Waals surface area contributed by atoms with Gasteiger partial charge in [-0.1, -0.05) is 30.3 Å². The predicted molar refractivity (Wildman–Crippen MR) is 72.9 cm³/mol. The molecule has 0 amide bonds. The zero-order valence-corrected chi connectivity index (χ0v) is 10.3. The molecule has 0 bridgehead atoms. The number of fused-ring (bicyclic) bond motifs is 1. The topological polar surface area (TPSA) is 71.8 Å². The second-order valence-corrected chi connectivity index (χ2v) is 4.36. The lowest BCUT2D eigenvalue weighted by Gasteiger charge is -2.02. The molecule has 0 fully saturated rings. The van der Waals surface area contributed by atoms with Crippen LogP contribution in [0.4, 0.5) is 5.69 Å². The number of nitro benzene ring substituents is 1. The molecule has 1 aromatic heterocycles. The molecule has 1 heterocycles. The second kappa shape index (κ2) is 4.20. The van der Waals surface area contributed by atoms with Gasteiger partial charge in [-0.05, 0) is 24.1 Å². The van der Waals surface area contributed by atoms with E-state index in [0.717, 1.165) is 22.2 Å². The molecule has 19 heavy (non-hydrogen) atoms. The van der Waals surface area contributed by atoms with Gasteiger partial charge in [0.25, 0.3) is 5.69 Å². The number of aromatic amines is 1. The highest BCUT2D eigenvalue weighted by atomic mass is 16.6. The number of aryl methyl sites for hydroxylation is 1. The number of rotatable bonds is 2. The Kier molecular flexibility index (Phi) is 2.52. The summed E-state index contributed by atoms with van der Waals surface area (Å²) in [6.45, 7) is 1.85. The van der Waals surface area contributed by atoms with Crippen LogP contribution in [0.5, 0.6) is 0 Å². The fourth-order valence-electron chi connectivity index (χ4n) is 2.16. The smallest absolute Gasteiger partial charge is 0.281 e. The predicted octanol–water partition coefficient (Wildman–Crippen LogP) is 3.45. The van der Waals surface area contributed by atoms with E-state index in [2.05, 4.69) is 10.2 Å². The summed E-state index contributed by atoms with van der Waals surface area (Å²) in [7, 11) is 0. The van der Waals surface area contributed by atoms with Gasteiger partial charge in [0.15, 0.2) is 5.52 Å². The zero-order chi connectivity index (χ0) is 13.4.